The number of nitrogens with zero attached hydrogens (tertiary/aromatic N) is 1. The zero-order chi connectivity index (χ0) is 8.43. The fourth-order valence-corrected chi connectivity index (χ4v) is 0.939. The van der Waals surface area contributed by atoms with E-state index in [9.17, 15) is 9.59 Å². The number of carbonyl (C=O) groups excluding carboxylic acids is 2. The molecular weight excluding hydrogens is 146 g/mol. The molecule has 0 aromatic rings. The van der Waals surface area contributed by atoms with E-state index in [4.69, 9.17) is 5.11 Å². The summed E-state index contributed by atoms with van der Waals surface area (Å²) in [6.45, 7) is 1.60. The van der Waals surface area contributed by atoms with Crippen molar-refractivity contribution in [3.8, 4) is 0 Å². The maximum Gasteiger partial charge on any atom is 0.220 e. The quantitative estimate of drug-likeness (QED) is 0.529. The first-order chi connectivity index (χ1) is 5.09. The van der Waals surface area contributed by atoms with Crippen molar-refractivity contribution in [2.45, 2.75) is 6.92 Å². The van der Waals surface area contributed by atoms with Gasteiger partial charge in [0.25, 0.3) is 0 Å². The topological polar surface area (TPSA) is 57.6 Å². The number of hydrogen-bond donors (Lipinski definition) is 1. The molecule has 0 spiro atoms. The first kappa shape index (κ1) is 7.78. The Balaban J connectivity index is 2.72. The number of carbonyl (C=O) groups is 2. The second-order valence-electron chi connectivity index (χ2n) is 2.48. The van der Waals surface area contributed by atoms with E-state index in [1.54, 1.807) is 0 Å². The second kappa shape index (κ2) is 2.74. The van der Waals surface area contributed by atoms with E-state index in [2.05, 4.69) is 0 Å². The maximum absolute atomic E-state index is 10.8. The van der Waals surface area contributed by atoms with Crippen LogP contribution in [0.25, 0.3) is 0 Å². The van der Waals surface area contributed by atoms with Crippen LogP contribution in [-0.2, 0) is 9.59 Å². The van der Waals surface area contributed by atoms with Crippen LogP contribution >= 0.6 is 0 Å². The summed E-state index contributed by atoms with van der Waals surface area (Å²) in [7, 11) is 0. The molecule has 1 amide bonds. The van der Waals surface area contributed by atoms with E-state index >= 15 is 0 Å². The molecule has 0 radical (unpaired) electrons. The summed E-state index contributed by atoms with van der Waals surface area (Å²) in [6, 6.07) is 0. The summed E-state index contributed by atoms with van der Waals surface area (Å²) in [5.41, 5.74) is 0. The summed E-state index contributed by atoms with van der Waals surface area (Å²) < 4.78 is 0. The van der Waals surface area contributed by atoms with Gasteiger partial charge in [0, 0.05) is 13.0 Å². The molecule has 11 heavy (non-hydrogen) atoms. The van der Waals surface area contributed by atoms with Crippen LogP contribution in [0.3, 0.4) is 0 Å². The molecule has 4 nitrogen and oxygen atoms in total. The molecule has 0 saturated heterocycles. The smallest absolute Gasteiger partial charge is 0.220 e. The first-order valence-corrected chi connectivity index (χ1v) is 3.27. The fourth-order valence-electron chi connectivity index (χ4n) is 0.939. The van der Waals surface area contributed by atoms with Crippen LogP contribution in [-0.4, -0.2) is 34.8 Å². The molecule has 0 unspecified atom stereocenters. The molecule has 0 aliphatic carbocycles. The Labute approximate surface area is 64.1 Å². The van der Waals surface area contributed by atoms with Gasteiger partial charge in [-0.25, -0.2) is 0 Å². The third-order valence-corrected chi connectivity index (χ3v) is 1.47. The van der Waals surface area contributed by atoms with Crippen LogP contribution in [0, 0.1) is 0 Å². The maximum atomic E-state index is 10.8. The van der Waals surface area contributed by atoms with Crippen molar-refractivity contribution in [3.05, 3.63) is 11.8 Å². The number of amides is 1. The van der Waals surface area contributed by atoms with Crippen molar-refractivity contribution in [1.29, 1.82) is 0 Å². The summed E-state index contributed by atoms with van der Waals surface area (Å²) in [5, 5.41) is 8.95. The fraction of sp³-hybridized carbons (Fsp3) is 0.429. The predicted molar refractivity (Wildman–Crippen MR) is 38.0 cm³/mol. The number of hydrogen-bond acceptors (Lipinski definition) is 3. The van der Waals surface area contributed by atoms with Crippen molar-refractivity contribution in [3.63, 3.8) is 0 Å². The summed E-state index contributed by atoms with van der Waals surface area (Å²) >= 11 is 0. The van der Waals surface area contributed by atoms with E-state index in [1.807, 2.05) is 0 Å². The molecule has 0 fully saturated rings. The van der Waals surface area contributed by atoms with Gasteiger partial charge in [0.1, 0.15) is 5.76 Å². The highest BCUT2D eigenvalue weighted by Gasteiger charge is 2.18. The average Bonchev–Trinajstić information content (AvgIpc) is 1.85. The Morgan fingerprint density at radius 2 is 2.27 bits per heavy atom. The number of aliphatic hydroxyl groups is 1. The molecule has 0 aromatic carbocycles. The van der Waals surface area contributed by atoms with Crippen LogP contribution in [0.2, 0.25) is 0 Å². The Hall–Kier alpha value is -1.32. The molecule has 1 aliphatic heterocycles. The van der Waals surface area contributed by atoms with Crippen LogP contribution < -0.4 is 0 Å². The standard InChI is InChI=1S/C7H9NO3/c1-5(9)8-3-6(10)2-7(11)4-8/h2,10H,3-4H2,1H3. The van der Waals surface area contributed by atoms with Gasteiger partial charge in [0.15, 0.2) is 5.78 Å². The Morgan fingerprint density at radius 3 is 2.73 bits per heavy atom. The van der Waals surface area contributed by atoms with Gasteiger partial charge in [-0.1, -0.05) is 0 Å². The molecule has 1 heterocycles. The van der Waals surface area contributed by atoms with Gasteiger partial charge < -0.3 is 10.0 Å². The van der Waals surface area contributed by atoms with E-state index in [0.29, 0.717) is 0 Å². The molecule has 0 aromatic heterocycles. The summed E-state index contributed by atoms with van der Waals surface area (Å²) in [6.07, 6.45) is 1.15. The van der Waals surface area contributed by atoms with Crippen LogP contribution in [0.5, 0.6) is 0 Å². The second-order valence-corrected chi connectivity index (χ2v) is 2.48. The molecule has 1 aliphatic rings. The van der Waals surface area contributed by atoms with E-state index < -0.39 is 0 Å². The Kier molecular flexibility index (Phi) is 1.94. The third-order valence-electron chi connectivity index (χ3n) is 1.47. The summed E-state index contributed by atoms with van der Waals surface area (Å²) in [4.78, 5) is 22.8. The molecular formula is C7H9NO3. The van der Waals surface area contributed by atoms with Gasteiger partial charge in [-0.2, -0.15) is 0 Å². The van der Waals surface area contributed by atoms with Crippen LogP contribution in [0.4, 0.5) is 0 Å². The Bertz CT molecular complexity index is 232. The number of rotatable bonds is 0. The normalized spacial score (nSPS) is 18.1. The van der Waals surface area contributed by atoms with Crippen molar-refractivity contribution in [2.75, 3.05) is 13.1 Å². The van der Waals surface area contributed by atoms with Gasteiger partial charge in [-0.3, -0.25) is 9.59 Å². The Morgan fingerprint density at radius 1 is 1.64 bits per heavy atom. The van der Waals surface area contributed by atoms with Gasteiger partial charge >= 0.3 is 0 Å². The van der Waals surface area contributed by atoms with Crippen LogP contribution in [0.15, 0.2) is 11.8 Å². The minimum atomic E-state index is -0.232. The number of aliphatic hydroxyl groups excluding tert-OH is 1. The van der Waals surface area contributed by atoms with Crippen LogP contribution in [0.1, 0.15) is 6.92 Å². The van der Waals surface area contributed by atoms with Crippen molar-refractivity contribution in [1.82, 2.24) is 4.90 Å². The molecule has 0 atom stereocenters. The molecule has 1 rings (SSSR count). The van der Waals surface area contributed by atoms with Gasteiger partial charge in [-0.05, 0) is 0 Å². The van der Waals surface area contributed by atoms with Gasteiger partial charge in [-0.15, -0.1) is 0 Å². The highest BCUT2D eigenvalue weighted by atomic mass is 16.3. The third kappa shape index (κ3) is 1.80. The lowest BCUT2D eigenvalue weighted by Gasteiger charge is -2.22. The van der Waals surface area contributed by atoms with E-state index in [-0.39, 0.29) is 30.5 Å². The highest BCUT2D eigenvalue weighted by Crippen LogP contribution is 2.03. The molecule has 4 heteroatoms. The predicted octanol–water partition coefficient (Wildman–Crippen LogP) is -0.140. The summed E-state index contributed by atoms with van der Waals surface area (Å²) in [5.74, 6) is -0.474. The zero-order valence-corrected chi connectivity index (χ0v) is 6.20. The minimum Gasteiger partial charge on any atom is -0.510 e. The van der Waals surface area contributed by atoms with Gasteiger partial charge in [0.2, 0.25) is 5.91 Å². The minimum absolute atomic E-state index is 0.0450. The first-order valence-electron chi connectivity index (χ1n) is 3.27. The van der Waals surface area contributed by atoms with E-state index in [0.717, 1.165) is 6.08 Å². The van der Waals surface area contributed by atoms with E-state index in [1.165, 1.54) is 11.8 Å². The zero-order valence-electron chi connectivity index (χ0n) is 6.20. The lowest BCUT2D eigenvalue weighted by molar-refractivity contribution is -0.133. The lowest BCUT2D eigenvalue weighted by atomic mass is 10.2. The van der Waals surface area contributed by atoms with Gasteiger partial charge in [0.05, 0.1) is 13.1 Å². The highest BCUT2D eigenvalue weighted by molar-refractivity contribution is 5.95. The largest absolute Gasteiger partial charge is 0.510 e. The molecule has 0 bridgehead atoms. The van der Waals surface area contributed by atoms with Crippen molar-refractivity contribution in [2.24, 2.45) is 0 Å². The number of ketones is 1. The van der Waals surface area contributed by atoms with Crippen molar-refractivity contribution < 1.29 is 14.7 Å². The average molecular weight is 155 g/mol. The van der Waals surface area contributed by atoms with Crippen molar-refractivity contribution >= 4 is 11.7 Å². The molecule has 1 N–H and O–H groups in total. The SMILES string of the molecule is CC(=O)N1CC(=O)C=C(O)C1. The lowest BCUT2D eigenvalue weighted by Crippen LogP contribution is -2.38. The molecule has 60 valence electrons. The molecule has 0 saturated carbocycles. The monoisotopic (exact) mass is 155 g/mol.